The Hall–Kier alpha value is -4.25. The normalized spacial score (nSPS) is 12.9. The standard InChI is InChI=1S/C28H28ClN7O6S/c1-15-8-10-20(16(2)12-15)31-27(38)23(34-33-22-11-9-18(35(39)40)13-24(22)36(41)42)14-25(37)26-17(3)30-28(43-26)32-21-7-5-4-6-19(21)29/h4-13,33,35-36,39,41H,14H2,1-3H3,(H,30,32)(H,31,38)/b34-23+. The Morgan fingerprint density at radius 1 is 0.977 bits per heavy atom. The monoisotopic (exact) mass is 625 g/mol. The molecule has 3 aromatic carbocycles. The molecule has 0 bridgehead atoms. The van der Waals surface area contributed by atoms with Crippen molar-refractivity contribution in [3.05, 3.63) is 97.8 Å². The number of thiazole rings is 1. The van der Waals surface area contributed by atoms with Gasteiger partial charge in [0.25, 0.3) is 5.91 Å². The van der Waals surface area contributed by atoms with E-state index in [-0.39, 0.29) is 22.8 Å². The highest BCUT2D eigenvalue weighted by molar-refractivity contribution is 7.17. The lowest BCUT2D eigenvalue weighted by atomic mass is 10.1. The van der Waals surface area contributed by atoms with Crippen LogP contribution in [0.2, 0.25) is 5.02 Å². The predicted octanol–water partition coefficient (Wildman–Crippen LogP) is 3.95. The fourth-order valence-corrected chi connectivity index (χ4v) is 5.12. The van der Waals surface area contributed by atoms with Gasteiger partial charge < -0.3 is 21.0 Å². The Kier molecular flexibility index (Phi) is 10.2. The van der Waals surface area contributed by atoms with Gasteiger partial charge in [0.05, 0.1) is 33.8 Å². The van der Waals surface area contributed by atoms with Gasteiger partial charge in [0.1, 0.15) is 11.4 Å². The van der Waals surface area contributed by atoms with Gasteiger partial charge in [-0.25, -0.2) is 15.4 Å². The lowest BCUT2D eigenvalue weighted by Crippen LogP contribution is -3.00. The highest BCUT2D eigenvalue weighted by atomic mass is 35.5. The summed E-state index contributed by atoms with van der Waals surface area (Å²) in [5.74, 6) is -1.14. The van der Waals surface area contributed by atoms with Crippen LogP contribution in [-0.4, -0.2) is 32.8 Å². The molecular formula is C28H28ClN7O6S. The van der Waals surface area contributed by atoms with Crippen LogP contribution >= 0.6 is 22.9 Å². The van der Waals surface area contributed by atoms with Crippen LogP contribution in [0.25, 0.3) is 0 Å². The molecule has 0 aliphatic carbocycles. The van der Waals surface area contributed by atoms with Crippen molar-refractivity contribution >= 4 is 73.9 Å². The minimum Gasteiger partial charge on any atom is -0.595 e. The number of anilines is 4. The number of hydrogen-bond donors (Lipinski definition) is 7. The molecule has 0 aliphatic rings. The van der Waals surface area contributed by atoms with Crippen molar-refractivity contribution in [2.75, 3.05) is 16.1 Å². The number of hydrazone groups is 1. The van der Waals surface area contributed by atoms with E-state index in [0.717, 1.165) is 28.5 Å². The number of rotatable bonds is 11. The molecule has 1 heterocycles. The Morgan fingerprint density at radius 2 is 1.70 bits per heavy atom. The van der Waals surface area contributed by atoms with Crippen LogP contribution in [-0.2, 0) is 4.79 Å². The van der Waals surface area contributed by atoms with Crippen LogP contribution < -0.4 is 26.5 Å². The smallest absolute Gasteiger partial charge is 0.272 e. The first-order chi connectivity index (χ1) is 20.4. The molecule has 0 saturated carbocycles. The first-order valence-corrected chi connectivity index (χ1v) is 14.0. The van der Waals surface area contributed by atoms with Gasteiger partial charge in [-0.3, -0.25) is 15.0 Å². The molecule has 0 saturated heterocycles. The van der Waals surface area contributed by atoms with Gasteiger partial charge in [0.15, 0.2) is 22.3 Å². The van der Waals surface area contributed by atoms with E-state index >= 15 is 0 Å². The first kappa shape index (κ1) is 31.7. The Balaban J connectivity index is 1.63. The number of aryl methyl sites for hydroxylation is 3. The average Bonchev–Trinajstić information content (AvgIpc) is 3.33. The number of ketones is 1. The van der Waals surface area contributed by atoms with Crippen LogP contribution in [0.5, 0.6) is 0 Å². The summed E-state index contributed by atoms with van der Waals surface area (Å²) < 4.78 is 0. The lowest BCUT2D eigenvalue weighted by Gasteiger charge is -2.18. The third-order valence-corrected chi connectivity index (χ3v) is 7.64. The summed E-state index contributed by atoms with van der Waals surface area (Å²) in [5, 5.41) is 50.1. The molecule has 0 radical (unpaired) electrons. The minimum absolute atomic E-state index is 0.0676. The molecule has 4 rings (SSSR count). The van der Waals surface area contributed by atoms with Crippen molar-refractivity contribution in [3.8, 4) is 0 Å². The summed E-state index contributed by atoms with van der Waals surface area (Å²) in [6.45, 7) is 5.39. The van der Waals surface area contributed by atoms with Gasteiger partial charge in [-0.1, -0.05) is 52.8 Å². The fraction of sp³-hybridized carbons (Fsp3) is 0.143. The fourth-order valence-electron chi connectivity index (χ4n) is 4.02. The number of nitrogens with one attached hydrogen (secondary N) is 5. The van der Waals surface area contributed by atoms with E-state index in [2.05, 4.69) is 26.1 Å². The van der Waals surface area contributed by atoms with Crippen LogP contribution in [0.15, 0.2) is 65.8 Å². The number of amides is 1. The van der Waals surface area contributed by atoms with E-state index < -0.39 is 28.6 Å². The number of aromatic nitrogens is 1. The number of carbonyl (C=O) groups excluding carboxylic acids is 2. The first-order valence-electron chi connectivity index (χ1n) is 12.8. The van der Waals surface area contributed by atoms with Crippen LogP contribution in [0.4, 0.5) is 33.6 Å². The van der Waals surface area contributed by atoms with Crippen LogP contribution in [0.3, 0.4) is 0 Å². The number of nitrogens with zero attached hydrogens (tertiary/aromatic N) is 2. The number of benzene rings is 3. The molecule has 2 atom stereocenters. The summed E-state index contributed by atoms with van der Waals surface area (Å²) in [5.41, 5.74) is 4.94. The molecule has 0 spiro atoms. The number of quaternary nitrogens is 2. The Morgan fingerprint density at radius 3 is 2.37 bits per heavy atom. The quantitative estimate of drug-likeness (QED) is 0.0734. The van der Waals surface area contributed by atoms with E-state index in [4.69, 9.17) is 11.6 Å². The predicted molar refractivity (Wildman–Crippen MR) is 164 cm³/mol. The molecule has 0 aliphatic heterocycles. The third kappa shape index (κ3) is 7.98. The SMILES string of the molecule is Cc1ccc(NC(=O)/C(CC(=O)c2sc(Nc3ccccc3Cl)nc2C)=N/Nc2ccc([NH+]([O-])O)cc2[NH+]([O-])O)c(C)c1. The lowest BCUT2D eigenvalue weighted by molar-refractivity contribution is -0.996. The van der Waals surface area contributed by atoms with Gasteiger partial charge in [0.2, 0.25) is 0 Å². The summed E-state index contributed by atoms with van der Waals surface area (Å²) in [7, 11) is 0. The van der Waals surface area contributed by atoms with Crippen molar-refractivity contribution in [1.82, 2.24) is 4.98 Å². The molecular weight excluding hydrogens is 598 g/mol. The second kappa shape index (κ2) is 13.8. The zero-order chi connectivity index (χ0) is 31.3. The van der Waals surface area contributed by atoms with Crippen LogP contribution in [0, 0.1) is 31.2 Å². The molecule has 15 heteroatoms. The molecule has 7 N–H and O–H groups in total. The second-order valence-corrected chi connectivity index (χ2v) is 10.9. The van der Waals surface area contributed by atoms with Crippen molar-refractivity contribution in [1.29, 1.82) is 0 Å². The molecule has 43 heavy (non-hydrogen) atoms. The molecule has 0 fully saturated rings. The Labute approximate surface area is 255 Å². The zero-order valence-electron chi connectivity index (χ0n) is 23.2. The maximum atomic E-state index is 13.5. The number of carbonyl (C=O) groups is 2. The van der Waals surface area contributed by atoms with Gasteiger partial charge in [-0.15, -0.1) is 0 Å². The van der Waals surface area contributed by atoms with Crippen molar-refractivity contribution in [3.63, 3.8) is 0 Å². The van der Waals surface area contributed by atoms with Gasteiger partial charge in [-0.2, -0.15) is 15.6 Å². The summed E-state index contributed by atoms with van der Waals surface area (Å²) in [6, 6.07) is 15.9. The molecule has 2 unspecified atom stereocenters. The van der Waals surface area contributed by atoms with E-state index in [1.54, 1.807) is 37.3 Å². The average molecular weight is 626 g/mol. The molecule has 1 aromatic heterocycles. The van der Waals surface area contributed by atoms with E-state index in [9.17, 15) is 30.4 Å². The minimum atomic E-state index is -1.41. The third-order valence-electron chi connectivity index (χ3n) is 6.19. The van der Waals surface area contributed by atoms with Gasteiger partial charge in [-0.05, 0) is 50.6 Å². The highest BCUT2D eigenvalue weighted by Crippen LogP contribution is 2.30. The maximum absolute atomic E-state index is 13.5. The molecule has 4 aromatic rings. The van der Waals surface area contributed by atoms with Crippen molar-refractivity contribution in [2.45, 2.75) is 27.2 Å². The molecule has 1 amide bonds. The van der Waals surface area contributed by atoms with Gasteiger partial charge in [0, 0.05) is 11.8 Å². The Bertz CT molecular complexity index is 1690. The number of hydrogen-bond acceptors (Lipinski definition) is 11. The molecule has 13 nitrogen and oxygen atoms in total. The van der Waals surface area contributed by atoms with Gasteiger partial charge >= 0.3 is 0 Å². The number of para-hydroxylation sites is 1. The second-order valence-electron chi connectivity index (χ2n) is 9.45. The number of Topliss-reactive ketones (excluding diaryl/α,β-unsaturated/α-hetero) is 1. The van der Waals surface area contributed by atoms with E-state index in [1.165, 1.54) is 12.1 Å². The summed E-state index contributed by atoms with van der Waals surface area (Å²) >= 11 is 7.31. The topological polar surface area (TPSA) is 191 Å². The largest absolute Gasteiger partial charge is 0.595 e. The van der Waals surface area contributed by atoms with E-state index in [1.807, 2.05) is 26.0 Å². The van der Waals surface area contributed by atoms with Crippen LogP contribution in [0.1, 0.15) is 32.9 Å². The summed E-state index contributed by atoms with van der Waals surface area (Å²) in [6.07, 6.45) is -0.450. The number of halogens is 1. The zero-order valence-corrected chi connectivity index (χ0v) is 24.8. The van der Waals surface area contributed by atoms with Crippen molar-refractivity contribution < 1.29 is 30.5 Å². The van der Waals surface area contributed by atoms with E-state index in [0.29, 0.717) is 32.1 Å². The highest BCUT2D eigenvalue weighted by Gasteiger charge is 2.23. The molecule has 224 valence electrons. The van der Waals surface area contributed by atoms with Crippen molar-refractivity contribution in [2.24, 2.45) is 5.10 Å². The summed E-state index contributed by atoms with van der Waals surface area (Å²) in [4.78, 5) is 31.6. The maximum Gasteiger partial charge on any atom is 0.272 e.